The average molecular weight is 317 g/mol. The molecular formula is C19H24FNO2. The van der Waals surface area contributed by atoms with Gasteiger partial charge in [-0.2, -0.15) is 0 Å². The summed E-state index contributed by atoms with van der Waals surface area (Å²) in [5, 5.41) is 13.3. The van der Waals surface area contributed by atoms with Crippen LogP contribution in [-0.2, 0) is 4.79 Å². The molecule has 124 valence electrons. The van der Waals surface area contributed by atoms with Crippen LogP contribution in [0.3, 0.4) is 0 Å². The Hall–Kier alpha value is -1.42. The third kappa shape index (κ3) is 2.67. The quantitative estimate of drug-likeness (QED) is 0.877. The molecule has 3 fully saturated rings. The van der Waals surface area contributed by atoms with Gasteiger partial charge in [-0.15, -0.1) is 0 Å². The van der Waals surface area contributed by atoms with Crippen LogP contribution in [0.5, 0.6) is 0 Å². The molecule has 3 aliphatic carbocycles. The van der Waals surface area contributed by atoms with Crippen LogP contribution < -0.4 is 5.32 Å². The zero-order valence-electron chi connectivity index (χ0n) is 13.4. The van der Waals surface area contributed by atoms with E-state index in [0.717, 1.165) is 11.8 Å². The van der Waals surface area contributed by atoms with Crippen LogP contribution in [0.25, 0.3) is 0 Å². The van der Waals surface area contributed by atoms with Crippen molar-refractivity contribution in [2.45, 2.75) is 44.8 Å². The minimum absolute atomic E-state index is 0.0819. The maximum atomic E-state index is 12.9. The molecule has 0 radical (unpaired) electrons. The second-order valence-electron chi connectivity index (χ2n) is 7.73. The highest BCUT2D eigenvalue weighted by Gasteiger charge is 2.67. The van der Waals surface area contributed by atoms with E-state index in [9.17, 15) is 14.3 Å². The molecule has 23 heavy (non-hydrogen) atoms. The van der Waals surface area contributed by atoms with Crippen molar-refractivity contribution in [2.24, 2.45) is 29.6 Å². The van der Waals surface area contributed by atoms with Crippen molar-refractivity contribution in [3.05, 3.63) is 35.6 Å². The molecule has 0 heterocycles. The van der Waals surface area contributed by atoms with Gasteiger partial charge in [0, 0.05) is 12.0 Å². The molecule has 2 bridgehead atoms. The molecule has 1 aromatic carbocycles. The summed E-state index contributed by atoms with van der Waals surface area (Å²) in [7, 11) is 0. The second-order valence-corrected chi connectivity index (χ2v) is 7.73. The summed E-state index contributed by atoms with van der Waals surface area (Å²) in [5.74, 6) is 2.96. The van der Waals surface area contributed by atoms with Gasteiger partial charge in [-0.25, -0.2) is 4.39 Å². The lowest BCUT2D eigenvalue weighted by atomic mass is 10.0. The highest BCUT2D eigenvalue weighted by Crippen LogP contribution is 2.69. The fourth-order valence-corrected chi connectivity index (χ4v) is 5.23. The van der Waals surface area contributed by atoms with E-state index < -0.39 is 6.10 Å². The number of carbonyl (C=O) groups is 1. The highest BCUT2D eigenvalue weighted by atomic mass is 19.1. The topological polar surface area (TPSA) is 49.3 Å². The number of amides is 1. The first-order valence-corrected chi connectivity index (χ1v) is 8.78. The number of rotatable bonds is 5. The zero-order valence-corrected chi connectivity index (χ0v) is 13.4. The van der Waals surface area contributed by atoms with Crippen LogP contribution in [0.1, 0.15) is 44.3 Å². The number of nitrogens with one attached hydrogen (secondary N) is 1. The van der Waals surface area contributed by atoms with Gasteiger partial charge in [-0.05, 0) is 74.0 Å². The van der Waals surface area contributed by atoms with Crippen LogP contribution >= 0.6 is 0 Å². The average Bonchev–Trinajstić information content (AvgIpc) is 2.96. The maximum absolute atomic E-state index is 12.9. The minimum Gasteiger partial charge on any atom is -0.388 e. The molecule has 4 heteroatoms. The molecule has 3 nitrogen and oxygen atoms in total. The van der Waals surface area contributed by atoms with E-state index in [0.29, 0.717) is 23.8 Å². The van der Waals surface area contributed by atoms with Crippen molar-refractivity contribution in [1.29, 1.82) is 0 Å². The summed E-state index contributed by atoms with van der Waals surface area (Å²) < 4.78 is 12.9. The minimum atomic E-state index is -0.680. The predicted molar refractivity (Wildman–Crippen MR) is 84.9 cm³/mol. The van der Waals surface area contributed by atoms with Crippen molar-refractivity contribution >= 4 is 5.91 Å². The molecule has 3 aliphatic rings. The number of carbonyl (C=O) groups excluding carboxylic acids is 1. The second kappa shape index (κ2) is 5.59. The zero-order chi connectivity index (χ0) is 16.1. The lowest BCUT2D eigenvalue weighted by Gasteiger charge is -2.19. The largest absolute Gasteiger partial charge is 0.388 e. The first-order chi connectivity index (χ1) is 11.0. The number of halogens is 1. The Morgan fingerprint density at radius 3 is 2.48 bits per heavy atom. The first kappa shape index (κ1) is 15.1. The molecule has 2 N–H and O–H groups in total. The van der Waals surface area contributed by atoms with Crippen molar-refractivity contribution in [2.75, 3.05) is 0 Å². The normalized spacial score (nSPS) is 36.4. The van der Waals surface area contributed by atoms with Crippen LogP contribution in [0.4, 0.5) is 4.39 Å². The summed E-state index contributed by atoms with van der Waals surface area (Å²) in [4.78, 5) is 12.5. The number of benzene rings is 1. The summed E-state index contributed by atoms with van der Waals surface area (Å²) in [6.45, 7) is 1.93. The summed E-state index contributed by atoms with van der Waals surface area (Å²) in [6.07, 6.45) is 3.74. The molecule has 0 aromatic heterocycles. The third-order valence-corrected chi connectivity index (χ3v) is 6.26. The molecular weight excluding hydrogens is 293 g/mol. The van der Waals surface area contributed by atoms with Gasteiger partial charge >= 0.3 is 0 Å². The van der Waals surface area contributed by atoms with Crippen molar-refractivity contribution in [3.63, 3.8) is 0 Å². The fourth-order valence-electron chi connectivity index (χ4n) is 5.23. The van der Waals surface area contributed by atoms with Gasteiger partial charge in [0.2, 0.25) is 5.91 Å². The SMILES string of the molecule is CC(CC(O)c1ccc(F)cc1)NC(=O)C1C2C3CCC(C3)C12. The fraction of sp³-hybridized carbons (Fsp3) is 0.632. The predicted octanol–water partition coefficient (Wildman–Crippen LogP) is 3.05. The molecule has 0 aliphatic heterocycles. The van der Waals surface area contributed by atoms with Crippen molar-refractivity contribution in [1.82, 2.24) is 5.32 Å². The number of aliphatic hydroxyl groups excluding tert-OH is 1. The van der Waals surface area contributed by atoms with Gasteiger partial charge in [0.25, 0.3) is 0 Å². The van der Waals surface area contributed by atoms with Crippen LogP contribution in [-0.4, -0.2) is 17.1 Å². The van der Waals surface area contributed by atoms with Gasteiger partial charge in [0.1, 0.15) is 5.82 Å². The van der Waals surface area contributed by atoms with Crippen LogP contribution in [0, 0.1) is 35.4 Å². The third-order valence-electron chi connectivity index (χ3n) is 6.26. The molecule has 1 amide bonds. The first-order valence-electron chi connectivity index (χ1n) is 8.78. The smallest absolute Gasteiger partial charge is 0.223 e. The van der Waals surface area contributed by atoms with E-state index >= 15 is 0 Å². The number of hydrogen-bond acceptors (Lipinski definition) is 2. The van der Waals surface area contributed by atoms with Crippen molar-refractivity contribution < 1.29 is 14.3 Å². The Balaban J connectivity index is 1.29. The Morgan fingerprint density at radius 1 is 1.26 bits per heavy atom. The Labute approximate surface area is 136 Å². The maximum Gasteiger partial charge on any atom is 0.223 e. The molecule has 3 saturated carbocycles. The van der Waals surface area contributed by atoms with Crippen LogP contribution in [0.2, 0.25) is 0 Å². The van der Waals surface area contributed by atoms with E-state index in [-0.39, 0.29) is 23.7 Å². The van der Waals surface area contributed by atoms with E-state index in [1.165, 1.54) is 31.4 Å². The van der Waals surface area contributed by atoms with E-state index in [1.54, 1.807) is 12.1 Å². The molecule has 0 spiro atoms. The summed E-state index contributed by atoms with van der Waals surface area (Å²) in [5.41, 5.74) is 0.689. The van der Waals surface area contributed by atoms with Gasteiger partial charge in [0.15, 0.2) is 0 Å². The molecule has 6 atom stereocenters. The van der Waals surface area contributed by atoms with Gasteiger partial charge in [0.05, 0.1) is 6.10 Å². The van der Waals surface area contributed by atoms with E-state index in [1.807, 2.05) is 6.92 Å². The molecule has 0 saturated heterocycles. The molecule has 1 aromatic rings. The van der Waals surface area contributed by atoms with Crippen LogP contribution in [0.15, 0.2) is 24.3 Å². The van der Waals surface area contributed by atoms with E-state index in [4.69, 9.17) is 0 Å². The Bertz CT molecular complexity index is 586. The lowest BCUT2D eigenvalue weighted by molar-refractivity contribution is -0.124. The summed E-state index contributed by atoms with van der Waals surface area (Å²) >= 11 is 0. The Kier molecular flexibility index (Phi) is 3.67. The lowest BCUT2D eigenvalue weighted by Crippen LogP contribution is -2.36. The molecule has 4 rings (SSSR count). The number of aliphatic hydroxyl groups is 1. The van der Waals surface area contributed by atoms with Gasteiger partial charge in [-0.1, -0.05) is 12.1 Å². The number of fused-ring (bicyclic) bond motifs is 5. The number of hydrogen-bond donors (Lipinski definition) is 2. The highest BCUT2D eigenvalue weighted by molar-refractivity contribution is 5.83. The van der Waals surface area contributed by atoms with Gasteiger partial charge < -0.3 is 10.4 Å². The van der Waals surface area contributed by atoms with Crippen molar-refractivity contribution in [3.8, 4) is 0 Å². The standard InChI is InChI=1S/C19H24FNO2/c1-10(8-15(22)11-4-6-14(20)7-5-11)21-19(23)18-16-12-2-3-13(9-12)17(16)18/h4-7,10,12-13,15-18,22H,2-3,8-9H2,1H3,(H,21,23). The monoisotopic (exact) mass is 317 g/mol. The molecule has 6 unspecified atom stereocenters. The van der Waals surface area contributed by atoms with Gasteiger partial charge in [-0.3, -0.25) is 4.79 Å². The summed E-state index contributed by atoms with van der Waals surface area (Å²) in [6, 6.07) is 5.81. The van der Waals surface area contributed by atoms with E-state index in [2.05, 4.69) is 5.32 Å². The Morgan fingerprint density at radius 2 is 1.87 bits per heavy atom.